The van der Waals surface area contributed by atoms with Crippen molar-refractivity contribution in [2.24, 2.45) is 5.73 Å². The van der Waals surface area contributed by atoms with Crippen LogP contribution in [0.5, 0.6) is 5.75 Å². The van der Waals surface area contributed by atoms with Crippen LogP contribution in [0, 0.1) is 5.82 Å². The van der Waals surface area contributed by atoms with Gasteiger partial charge in [0, 0.05) is 6.54 Å². The number of ether oxygens (including phenoxy) is 1. The molecule has 1 heterocycles. The fourth-order valence-electron chi connectivity index (χ4n) is 2.66. The van der Waals surface area contributed by atoms with Crippen molar-refractivity contribution in [3.05, 3.63) is 29.6 Å². The molecule has 1 aliphatic heterocycles. The lowest BCUT2D eigenvalue weighted by Gasteiger charge is -2.18. The number of aliphatic hydroxyl groups is 1. The molecule has 1 aliphatic carbocycles. The van der Waals surface area contributed by atoms with Gasteiger partial charge in [0.15, 0.2) is 11.6 Å². The van der Waals surface area contributed by atoms with Crippen LogP contribution in [-0.2, 0) is 0 Å². The van der Waals surface area contributed by atoms with Crippen LogP contribution in [0.15, 0.2) is 18.2 Å². The summed E-state index contributed by atoms with van der Waals surface area (Å²) < 4.78 is 19.4. The van der Waals surface area contributed by atoms with E-state index < -0.39 is 6.10 Å². The Balaban J connectivity index is 0.000000847. The van der Waals surface area contributed by atoms with Crippen LogP contribution in [0.2, 0.25) is 0 Å². The van der Waals surface area contributed by atoms with E-state index in [4.69, 9.17) is 4.74 Å². The Morgan fingerprint density at radius 2 is 2.00 bits per heavy atom. The number of hydrogen-bond acceptors (Lipinski definition) is 4. The molecule has 1 saturated carbocycles. The fourth-order valence-corrected chi connectivity index (χ4v) is 2.66. The molecule has 5 heteroatoms. The lowest BCUT2D eigenvalue weighted by atomic mass is 10.1. The third-order valence-electron chi connectivity index (χ3n) is 4.08. The van der Waals surface area contributed by atoms with E-state index in [0.29, 0.717) is 17.7 Å². The van der Waals surface area contributed by atoms with Crippen molar-refractivity contribution >= 4 is 0 Å². The highest BCUT2D eigenvalue weighted by atomic mass is 19.1. The molecular weight excluding hydrogens is 283 g/mol. The van der Waals surface area contributed by atoms with Crippen LogP contribution in [0.4, 0.5) is 4.39 Å². The predicted octanol–water partition coefficient (Wildman–Crippen LogP) is 2.46. The van der Waals surface area contributed by atoms with Crippen LogP contribution in [-0.4, -0.2) is 42.8 Å². The zero-order valence-corrected chi connectivity index (χ0v) is 13.3. The van der Waals surface area contributed by atoms with Crippen LogP contribution < -0.4 is 10.5 Å². The lowest BCUT2D eigenvalue weighted by Crippen LogP contribution is -2.22. The van der Waals surface area contributed by atoms with E-state index in [1.165, 1.54) is 26.0 Å². The molecule has 1 aromatic rings. The number of nitrogens with two attached hydrogens (primary N) is 1. The molecule has 1 atom stereocenters. The second-order valence-electron chi connectivity index (χ2n) is 5.86. The third-order valence-corrected chi connectivity index (χ3v) is 4.08. The van der Waals surface area contributed by atoms with Crippen LogP contribution in [0.1, 0.15) is 43.8 Å². The van der Waals surface area contributed by atoms with Crippen LogP contribution >= 0.6 is 0 Å². The van der Waals surface area contributed by atoms with E-state index >= 15 is 0 Å². The van der Waals surface area contributed by atoms with Crippen molar-refractivity contribution in [1.29, 1.82) is 0 Å². The molecular formula is C17H27FN2O2. The molecule has 1 saturated heterocycles. The minimum Gasteiger partial charge on any atom is -0.487 e. The van der Waals surface area contributed by atoms with Crippen molar-refractivity contribution < 1.29 is 14.2 Å². The summed E-state index contributed by atoms with van der Waals surface area (Å²) in [6.45, 7) is 3.12. The Morgan fingerprint density at radius 3 is 2.59 bits per heavy atom. The molecule has 0 bridgehead atoms. The van der Waals surface area contributed by atoms with Gasteiger partial charge in [-0.05, 0) is 69.9 Å². The van der Waals surface area contributed by atoms with E-state index in [2.05, 4.69) is 10.6 Å². The summed E-state index contributed by atoms with van der Waals surface area (Å²) >= 11 is 0. The van der Waals surface area contributed by atoms with Crippen molar-refractivity contribution in [2.75, 3.05) is 26.7 Å². The van der Waals surface area contributed by atoms with E-state index in [0.717, 1.165) is 32.5 Å². The van der Waals surface area contributed by atoms with Gasteiger partial charge >= 0.3 is 0 Å². The Hall–Kier alpha value is -1.17. The highest BCUT2D eigenvalue weighted by Crippen LogP contribution is 2.30. The quantitative estimate of drug-likeness (QED) is 0.847. The number of halogens is 1. The highest BCUT2D eigenvalue weighted by molar-refractivity contribution is 5.31. The van der Waals surface area contributed by atoms with Gasteiger partial charge < -0.3 is 20.5 Å². The van der Waals surface area contributed by atoms with Crippen molar-refractivity contribution in [1.82, 2.24) is 4.90 Å². The van der Waals surface area contributed by atoms with E-state index in [1.807, 2.05) is 0 Å². The topological polar surface area (TPSA) is 58.7 Å². The average molecular weight is 310 g/mol. The van der Waals surface area contributed by atoms with Crippen LogP contribution in [0.25, 0.3) is 0 Å². The largest absolute Gasteiger partial charge is 0.487 e. The molecule has 124 valence electrons. The zero-order valence-electron chi connectivity index (χ0n) is 13.3. The normalized spacial score (nSPS) is 19.5. The van der Waals surface area contributed by atoms with Gasteiger partial charge in [-0.1, -0.05) is 6.07 Å². The molecule has 4 nitrogen and oxygen atoms in total. The first-order valence-electron chi connectivity index (χ1n) is 8.16. The molecule has 3 N–H and O–H groups in total. The molecule has 0 spiro atoms. The summed E-state index contributed by atoms with van der Waals surface area (Å²) in [6, 6.07) is 4.82. The summed E-state index contributed by atoms with van der Waals surface area (Å²) in [7, 11) is 1.50. The molecule has 2 aliphatic rings. The number of rotatable bonds is 6. The van der Waals surface area contributed by atoms with E-state index in [9.17, 15) is 9.50 Å². The molecule has 0 unspecified atom stereocenters. The summed E-state index contributed by atoms with van der Waals surface area (Å²) in [5, 5.41) is 10.2. The zero-order chi connectivity index (χ0) is 15.9. The van der Waals surface area contributed by atoms with Gasteiger partial charge in [-0.15, -0.1) is 0 Å². The second kappa shape index (κ2) is 8.46. The van der Waals surface area contributed by atoms with Crippen molar-refractivity contribution in [3.8, 4) is 5.75 Å². The molecule has 3 rings (SSSR count). The number of benzene rings is 1. The van der Waals surface area contributed by atoms with Gasteiger partial charge in [0.25, 0.3) is 0 Å². The van der Waals surface area contributed by atoms with E-state index in [1.54, 1.807) is 12.1 Å². The van der Waals surface area contributed by atoms with Gasteiger partial charge in [-0.2, -0.15) is 0 Å². The van der Waals surface area contributed by atoms with Crippen LogP contribution in [0.3, 0.4) is 0 Å². The molecule has 0 amide bonds. The van der Waals surface area contributed by atoms with Gasteiger partial charge in [-0.25, -0.2) is 4.39 Å². The van der Waals surface area contributed by atoms with Gasteiger partial charge in [0.1, 0.15) is 0 Å². The van der Waals surface area contributed by atoms with Crippen molar-refractivity contribution in [2.45, 2.75) is 44.3 Å². The molecule has 1 aromatic carbocycles. The first kappa shape index (κ1) is 17.2. The first-order chi connectivity index (χ1) is 10.7. The SMILES string of the molecule is CN.O[C@@H](CCN1CCCC1)c1ccc(OC2CC2)c(F)c1. The summed E-state index contributed by atoms with van der Waals surface area (Å²) in [6.07, 6.45) is 4.77. The minimum atomic E-state index is -0.597. The summed E-state index contributed by atoms with van der Waals surface area (Å²) in [5.74, 6) is -0.0578. The number of aliphatic hydroxyl groups excluding tert-OH is 1. The number of nitrogens with zero attached hydrogens (tertiary/aromatic N) is 1. The summed E-state index contributed by atoms with van der Waals surface area (Å²) in [5.41, 5.74) is 5.14. The molecule has 2 fully saturated rings. The maximum atomic E-state index is 13.9. The Bertz CT molecular complexity index is 460. The lowest BCUT2D eigenvalue weighted by molar-refractivity contribution is 0.148. The van der Waals surface area contributed by atoms with E-state index in [-0.39, 0.29) is 11.9 Å². The second-order valence-corrected chi connectivity index (χ2v) is 5.86. The van der Waals surface area contributed by atoms with Gasteiger partial charge in [0.2, 0.25) is 0 Å². The van der Waals surface area contributed by atoms with Gasteiger partial charge in [-0.3, -0.25) is 0 Å². The average Bonchev–Trinajstić information content (AvgIpc) is 3.21. The first-order valence-corrected chi connectivity index (χ1v) is 8.16. The maximum Gasteiger partial charge on any atom is 0.165 e. The fraction of sp³-hybridized carbons (Fsp3) is 0.647. The molecule has 0 radical (unpaired) electrons. The standard InChI is InChI=1S/C16H22FNO2.CH5N/c17-14-11-12(3-6-16(14)20-13-4-5-13)15(19)7-10-18-8-1-2-9-18;1-2/h3,6,11,13,15,19H,1-2,4-5,7-10H2;2H2,1H3/t15-;/m0./s1. The number of likely N-dealkylation sites (tertiary alicyclic amines) is 1. The monoisotopic (exact) mass is 310 g/mol. The number of hydrogen-bond donors (Lipinski definition) is 2. The molecule has 22 heavy (non-hydrogen) atoms. The summed E-state index contributed by atoms with van der Waals surface area (Å²) in [4.78, 5) is 2.35. The molecule has 0 aromatic heterocycles. The Kier molecular flexibility index (Phi) is 6.61. The Labute approximate surface area is 132 Å². The maximum absolute atomic E-state index is 13.9. The van der Waals surface area contributed by atoms with Crippen molar-refractivity contribution in [3.63, 3.8) is 0 Å². The smallest absolute Gasteiger partial charge is 0.165 e. The minimum absolute atomic E-state index is 0.190. The highest BCUT2D eigenvalue weighted by Gasteiger charge is 2.25. The third kappa shape index (κ3) is 4.93. The predicted molar refractivity (Wildman–Crippen MR) is 85.4 cm³/mol. The van der Waals surface area contributed by atoms with Gasteiger partial charge in [0.05, 0.1) is 12.2 Å². The Morgan fingerprint density at radius 1 is 1.32 bits per heavy atom.